The third-order valence-corrected chi connectivity index (χ3v) is 5.29. The van der Waals surface area contributed by atoms with Crippen LogP contribution in [-0.2, 0) is 22.5 Å². The molecule has 0 saturated heterocycles. The van der Waals surface area contributed by atoms with Crippen molar-refractivity contribution >= 4 is 23.5 Å². The highest BCUT2D eigenvalue weighted by Crippen LogP contribution is 2.14. The van der Waals surface area contributed by atoms with E-state index in [0.717, 1.165) is 10.4 Å². The number of carbonyl (C=O) groups is 2. The lowest BCUT2D eigenvalue weighted by atomic mass is 10.0. The van der Waals surface area contributed by atoms with E-state index in [9.17, 15) is 14.7 Å². The molecule has 0 unspecified atom stereocenters. The van der Waals surface area contributed by atoms with Gasteiger partial charge in [-0.15, -0.1) is 11.3 Å². The fourth-order valence-electron chi connectivity index (χ4n) is 3.17. The number of benzene rings is 1. The lowest BCUT2D eigenvalue weighted by Gasteiger charge is -2.31. The molecule has 0 saturated carbocycles. The minimum absolute atomic E-state index is 0.00695. The van der Waals surface area contributed by atoms with Crippen LogP contribution in [0.5, 0.6) is 0 Å². The third-order valence-electron chi connectivity index (χ3n) is 4.54. The number of thiazole rings is 1. The molecular formula is C24H35N3O5S. The summed E-state index contributed by atoms with van der Waals surface area (Å²) < 4.78 is 10.8. The third kappa shape index (κ3) is 10.2. The molecule has 2 N–H and O–H groups in total. The lowest BCUT2D eigenvalue weighted by molar-refractivity contribution is 0.0324. The SMILES string of the molecule is CC(C)CN(C[C@@H](O)[C@H](Cc1ccccc1)NC(=O)OC(C)(C)C)C(=O)OCc1cncs1. The summed E-state index contributed by atoms with van der Waals surface area (Å²) in [6, 6.07) is 8.88. The molecule has 182 valence electrons. The smallest absolute Gasteiger partial charge is 0.410 e. The van der Waals surface area contributed by atoms with Gasteiger partial charge in [0.2, 0.25) is 0 Å². The lowest BCUT2D eigenvalue weighted by Crippen LogP contribution is -2.52. The highest BCUT2D eigenvalue weighted by Gasteiger charge is 2.29. The Morgan fingerprint density at radius 1 is 1.18 bits per heavy atom. The van der Waals surface area contributed by atoms with Crippen LogP contribution in [0.1, 0.15) is 45.1 Å². The van der Waals surface area contributed by atoms with Gasteiger partial charge in [0, 0.05) is 12.7 Å². The normalized spacial score (nSPS) is 13.3. The molecule has 1 aromatic carbocycles. The van der Waals surface area contributed by atoms with Gasteiger partial charge in [0.1, 0.15) is 12.2 Å². The number of rotatable bonds is 10. The predicted octanol–water partition coefficient (Wildman–Crippen LogP) is 4.23. The number of hydrogen-bond acceptors (Lipinski definition) is 7. The Hall–Kier alpha value is -2.65. The van der Waals surface area contributed by atoms with Crippen molar-refractivity contribution in [2.75, 3.05) is 13.1 Å². The first-order chi connectivity index (χ1) is 15.5. The van der Waals surface area contributed by atoms with Crippen LogP contribution in [0.4, 0.5) is 9.59 Å². The van der Waals surface area contributed by atoms with Crippen LogP contribution in [0, 0.1) is 5.92 Å². The zero-order valence-electron chi connectivity index (χ0n) is 20.0. The first-order valence-corrected chi connectivity index (χ1v) is 11.9. The number of nitrogens with one attached hydrogen (secondary N) is 1. The van der Waals surface area contributed by atoms with E-state index in [1.165, 1.54) is 16.2 Å². The van der Waals surface area contributed by atoms with E-state index >= 15 is 0 Å². The molecule has 0 aliphatic carbocycles. The predicted molar refractivity (Wildman–Crippen MR) is 128 cm³/mol. The number of alkyl carbamates (subject to hydrolysis) is 1. The van der Waals surface area contributed by atoms with Crippen molar-refractivity contribution in [1.82, 2.24) is 15.2 Å². The standard InChI is InChI=1S/C24H35N3O5S/c1-17(2)13-27(23(30)31-15-19-12-25-16-33-19)14-21(28)20(11-18-9-7-6-8-10-18)26-22(29)32-24(3,4)5/h6-10,12,16-17,20-21,28H,11,13-15H2,1-5H3,(H,26,29)/t20-,21+/m0/s1. The molecule has 1 aromatic heterocycles. The average molecular weight is 478 g/mol. The number of nitrogens with zero attached hydrogens (tertiary/aromatic N) is 2. The Balaban J connectivity index is 2.11. The zero-order chi connectivity index (χ0) is 24.4. The van der Waals surface area contributed by atoms with E-state index < -0.39 is 29.9 Å². The highest BCUT2D eigenvalue weighted by molar-refractivity contribution is 7.09. The molecule has 2 atom stereocenters. The second kappa shape index (κ2) is 12.6. The highest BCUT2D eigenvalue weighted by atomic mass is 32.1. The number of hydrogen-bond donors (Lipinski definition) is 2. The second-order valence-corrected chi connectivity index (χ2v) is 10.3. The van der Waals surface area contributed by atoms with E-state index in [1.54, 1.807) is 32.5 Å². The maximum atomic E-state index is 12.8. The molecule has 0 aliphatic rings. The zero-order valence-corrected chi connectivity index (χ0v) is 20.8. The van der Waals surface area contributed by atoms with Gasteiger partial charge < -0.3 is 24.8 Å². The molecule has 9 heteroatoms. The van der Waals surface area contributed by atoms with Crippen molar-refractivity contribution < 1.29 is 24.2 Å². The molecule has 2 aromatic rings. The fraction of sp³-hybridized carbons (Fsp3) is 0.542. The van der Waals surface area contributed by atoms with Crippen molar-refractivity contribution in [3.63, 3.8) is 0 Å². The summed E-state index contributed by atoms with van der Waals surface area (Å²) in [6.45, 7) is 9.83. The van der Waals surface area contributed by atoms with Gasteiger partial charge in [-0.25, -0.2) is 9.59 Å². The number of aliphatic hydroxyl groups is 1. The maximum absolute atomic E-state index is 12.8. The van der Waals surface area contributed by atoms with Crippen LogP contribution in [-0.4, -0.2) is 58.0 Å². The Morgan fingerprint density at radius 3 is 2.45 bits per heavy atom. The van der Waals surface area contributed by atoms with Crippen molar-refractivity contribution in [3.05, 3.63) is 52.5 Å². The number of ether oxygens (including phenoxy) is 2. The van der Waals surface area contributed by atoms with Crippen LogP contribution >= 0.6 is 11.3 Å². The van der Waals surface area contributed by atoms with Gasteiger partial charge in [0.15, 0.2) is 0 Å². The molecule has 0 spiro atoms. The van der Waals surface area contributed by atoms with Gasteiger partial charge in [-0.3, -0.25) is 4.98 Å². The van der Waals surface area contributed by atoms with Gasteiger partial charge in [-0.1, -0.05) is 44.2 Å². The summed E-state index contributed by atoms with van der Waals surface area (Å²) >= 11 is 1.40. The van der Waals surface area contributed by atoms with Gasteiger partial charge in [-0.05, 0) is 38.7 Å². The Bertz CT molecular complexity index is 853. The van der Waals surface area contributed by atoms with E-state index in [-0.39, 0.29) is 19.1 Å². The van der Waals surface area contributed by atoms with Crippen molar-refractivity contribution in [2.45, 2.75) is 65.4 Å². The van der Waals surface area contributed by atoms with Crippen LogP contribution in [0.25, 0.3) is 0 Å². The Morgan fingerprint density at radius 2 is 1.88 bits per heavy atom. The molecule has 2 amide bonds. The molecule has 33 heavy (non-hydrogen) atoms. The van der Waals surface area contributed by atoms with Crippen LogP contribution in [0.3, 0.4) is 0 Å². The monoisotopic (exact) mass is 477 g/mol. The van der Waals surface area contributed by atoms with E-state index in [0.29, 0.717) is 13.0 Å². The van der Waals surface area contributed by atoms with E-state index in [4.69, 9.17) is 9.47 Å². The van der Waals surface area contributed by atoms with Crippen molar-refractivity contribution in [1.29, 1.82) is 0 Å². The summed E-state index contributed by atoms with van der Waals surface area (Å²) in [4.78, 5) is 31.5. The average Bonchev–Trinajstić information content (AvgIpc) is 3.23. The summed E-state index contributed by atoms with van der Waals surface area (Å²) in [5, 5.41) is 13.9. The minimum Gasteiger partial charge on any atom is -0.444 e. The topological polar surface area (TPSA) is 101 Å². The fourth-order valence-corrected chi connectivity index (χ4v) is 3.67. The first-order valence-electron chi connectivity index (χ1n) is 11.0. The molecule has 0 fully saturated rings. The molecule has 2 rings (SSSR count). The summed E-state index contributed by atoms with van der Waals surface area (Å²) in [6.07, 6.45) is -0.141. The van der Waals surface area contributed by atoms with Crippen LogP contribution in [0.2, 0.25) is 0 Å². The Labute approximate surface area is 199 Å². The molecule has 1 heterocycles. The quantitative estimate of drug-likeness (QED) is 0.531. The van der Waals surface area contributed by atoms with Gasteiger partial charge >= 0.3 is 12.2 Å². The number of amides is 2. The summed E-state index contributed by atoms with van der Waals surface area (Å²) in [5.74, 6) is 0.166. The van der Waals surface area contributed by atoms with Gasteiger partial charge in [0.05, 0.1) is 29.1 Å². The number of aromatic nitrogens is 1. The van der Waals surface area contributed by atoms with Crippen molar-refractivity contribution in [3.8, 4) is 0 Å². The molecular weight excluding hydrogens is 442 g/mol. The van der Waals surface area contributed by atoms with Crippen molar-refractivity contribution in [2.24, 2.45) is 5.92 Å². The largest absolute Gasteiger partial charge is 0.444 e. The second-order valence-electron chi connectivity index (χ2n) is 9.33. The molecule has 8 nitrogen and oxygen atoms in total. The molecule has 0 aliphatic heterocycles. The van der Waals surface area contributed by atoms with Crippen LogP contribution in [0.15, 0.2) is 42.0 Å². The van der Waals surface area contributed by atoms with E-state index in [2.05, 4.69) is 10.3 Å². The first kappa shape index (κ1) is 26.6. The Kier molecular flexibility index (Phi) is 10.1. The van der Waals surface area contributed by atoms with Gasteiger partial charge in [-0.2, -0.15) is 0 Å². The van der Waals surface area contributed by atoms with Crippen LogP contribution < -0.4 is 5.32 Å². The molecule has 0 bridgehead atoms. The van der Waals surface area contributed by atoms with E-state index in [1.807, 2.05) is 44.2 Å². The number of carbonyl (C=O) groups excluding carboxylic acids is 2. The minimum atomic E-state index is -1.03. The maximum Gasteiger partial charge on any atom is 0.410 e. The number of aliphatic hydroxyl groups excluding tert-OH is 1. The summed E-state index contributed by atoms with van der Waals surface area (Å²) in [5.41, 5.74) is 1.95. The summed E-state index contributed by atoms with van der Waals surface area (Å²) in [7, 11) is 0. The molecule has 0 radical (unpaired) electrons. The van der Waals surface area contributed by atoms with Gasteiger partial charge in [0.25, 0.3) is 0 Å².